The van der Waals surface area contributed by atoms with Crippen molar-refractivity contribution in [1.82, 2.24) is 20.1 Å². The van der Waals surface area contributed by atoms with Gasteiger partial charge in [-0.25, -0.2) is 4.98 Å². The van der Waals surface area contributed by atoms with Gasteiger partial charge in [0.25, 0.3) is 0 Å². The SMILES string of the molecule is CC[C@@H]1[C@H](C(=O)N2CCc3oc(C(C)C)nc3C2)C[C@@H]2CNCC(=O)N21.Cl. The van der Waals surface area contributed by atoms with Gasteiger partial charge in [-0.1, -0.05) is 20.8 Å². The Bertz CT molecular complexity index is 720. The minimum absolute atomic E-state index is 0. The van der Waals surface area contributed by atoms with Crippen molar-refractivity contribution in [2.75, 3.05) is 19.6 Å². The predicted octanol–water partition coefficient (Wildman–Crippen LogP) is 1.70. The second-order valence-corrected chi connectivity index (χ2v) is 7.99. The van der Waals surface area contributed by atoms with E-state index in [0.29, 0.717) is 19.6 Å². The highest BCUT2D eigenvalue weighted by molar-refractivity contribution is 5.85. The zero-order valence-corrected chi connectivity index (χ0v) is 17.1. The van der Waals surface area contributed by atoms with Crippen LogP contribution in [0.4, 0.5) is 0 Å². The Labute approximate surface area is 166 Å². The number of oxazole rings is 1. The lowest BCUT2D eigenvalue weighted by Crippen LogP contribution is -2.55. The van der Waals surface area contributed by atoms with E-state index in [1.54, 1.807) is 0 Å². The van der Waals surface area contributed by atoms with E-state index in [2.05, 4.69) is 31.1 Å². The molecule has 1 aromatic heterocycles. The van der Waals surface area contributed by atoms with Gasteiger partial charge in [0.1, 0.15) is 11.5 Å². The molecule has 0 aliphatic carbocycles. The smallest absolute Gasteiger partial charge is 0.237 e. The summed E-state index contributed by atoms with van der Waals surface area (Å²) in [7, 11) is 0. The quantitative estimate of drug-likeness (QED) is 0.841. The molecule has 0 radical (unpaired) electrons. The maximum absolute atomic E-state index is 13.3. The van der Waals surface area contributed by atoms with Crippen LogP contribution >= 0.6 is 12.4 Å². The van der Waals surface area contributed by atoms with Crippen LogP contribution < -0.4 is 5.32 Å². The highest BCUT2D eigenvalue weighted by Crippen LogP contribution is 2.35. The van der Waals surface area contributed by atoms with Gasteiger partial charge >= 0.3 is 0 Å². The molecule has 4 rings (SSSR count). The van der Waals surface area contributed by atoms with Crippen LogP contribution in [0.1, 0.15) is 56.9 Å². The number of halogens is 1. The number of amides is 2. The molecule has 3 aliphatic heterocycles. The molecule has 150 valence electrons. The number of nitrogens with one attached hydrogen (secondary N) is 1. The topological polar surface area (TPSA) is 78.7 Å². The van der Waals surface area contributed by atoms with E-state index in [1.165, 1.54) is 0 Å². The van der Waals surface area contributed by atoms with Crippen molar-refractivity contribution < 1.29 is 14.0 Å². The molecule has 27 heavy (non-hydrogen) atoms. The molecule has 2 amide bonds. The van der Waals surface area contributed by atoms with Crippen molar-refractivity contribution >= 4 is 24.2 Å². The van der Waals surface area contributed by atoms with E-state index in [1.807, 2.05) is 9.80 Å². The van der Waals surface area contributed by atoms with Crippen LogP contribution in [0, 0.1) is 5.92 Å². The summed E-state index contributed by atoms with van der Waals surface area (Å²) in [6.45, 7) is 8.56. The molecule has 3 aliphatic rings. The average Bonchev–Trinajstić information content (AvgIpc) is 3.22. The number of carbonyl (C=O) groups is 2. The van der Waals surface area contributed by atoms with E-state index in [4.69, 9.17) is 4.42 Å². The van der Waals surface area contributed by atoms with Gasteiger partial charge in [0.2, 0.25) is 11.8 Å². The Morgan fingerprint density at radius 3 is 2.89 bits per heavy atom. The second-order valence-electron chi connectivity index (χ2n) is 7.99. The number of hydrogen-bond donors (Lipinski definition) is 1. The third-order valence-electron chi connectivity index (χ3n) is 5.97. The summed E-state index contributed by atoms with van der Waals surface area (Å²) in [6, 6.07) is 0.169. The van der Waals surface area contributed by atoms with E-state index < -0.39 is 0 Å². The van der Waals surface area contributed by atoms with Crippen LogP contribution in [0.5, 0.6) is 0 Å². The molecule has 1 aromatic rings. The van der Waals surface area contributed by atoms with Gasteiger partial charge in [0.05, 0.1) is 19.0 Å². The number of nitrogens with zero attached hydrogens (tertiary/aromatic N) is 3. The summed E-state index contributed by atoms with van der Waals surface area (Å²) in [4.78, 5) is 34.1. The molecule has 0 saturated carbocycles. The van der Waals surface area contributed by atoms with Crippen molar-refractivity contribution in [3.05, 3.63) is 17.3 Å². The lowest BCUT2D eigenvalue weighted by Gasteiger charge is -2.35. The molecule has 2 fully saturated rings. The zero-order chi connectivity index (χ0) is 18.4. The minimum atomic E-state index is -0.105. The fourth-order valence-electron chi connectivity index (χ4n) is 4.67. The maximum atomic E-state index is 13.3. The first kappa shape index (κ1) is 20.1. The van der Waals surface area contributed by atoms with Gasteiger partial charge in [-0.15, -0.1) is 12.4 Å². The van der Waals surface area contributed by atoms with Crippen molar-refractivity contribution in [3.63, 3.8) is 0 Å². The molecule has 3 atom stereocenters. The highest BCUT2D eigenvalue weighted by atomic mass is 35.5. The lowest BCUT2D eigenvalue weighted by molar-refractivity contribution is -0.139. The zero-order valence-electron chi connectivity index (χ0n) is 16.2. The monoisotopic (exact) mass is 396 g/mol. The van der Waals surface area contributed by atoms with Crippen molar-refractivity contribution in [3.8, 4) is 0 Å². The second kappa shape index (κ2) is 7.80. The number of piperazine rings is 1. The molecule has 0 bridgehead atoms. The van der Waals surface area contributed by atoms with Crippen molar-refractivity contribution in [2.45, 2.75) is 64.6 Å². The molecule has 2 saturated heterocycles. The highest BCUT2D eigenvalue weighted by Gasteiger charge is 2.48. The van der Waals surface area contributed by atoms with Crippen molar-refractivity contribution in [1.29, 1.82) is 0 Å². The van der Waals surface area contributed by atoms with Crippen LogP contribution in [0.25, 0.3) is 0 Å². The summed E-state index contributed by atoms with van der Waals surface area (Å²) < 4.78 is 5.84. The van der Waals surface area contributed by atoms with Crippen molar-refractivity contribution in [2.24, 2.45) is 5.92 Å². The minimum Gasteiger partial charge on any atom is -0.445 e. The van der Waals surface area contributed by atoms with Gasteiger partial charge in [0, 0.05) is 37.5 Å². The maximum Gasteiger partial charge on any atom is 0.237 e. The number of aromatic nitrogens is 1. The summed E-state index contributed by atoms with van der Waals surface area (Å²) >= 11 is 0. The van der Waals surface area contributed by atoms with Gasteiger partial charge in [0.15, 0.2) is 5.89 Å². The molecule has 0 spiro atoms. The fraction of sp³-hybridized carbons (Fsp3) is 0.737. The van der Waals surface area contributed by atoms with E-state index in [-0.39, 0.29) is 48.1 Å². The summed E-state index contributed by atoms with van der Waals surface area (Å²) in [5.41, 5.74) is 0.898. The molecular formula is C19H29ClN4O3. The first-order valence-corrected chi connectivity index (χ1v) is 9.78. The Morgan fingerprint density at radius 1 is 1.41 bits per heavy atom. The first-order chi connectivity index (χ1) is 12.5. The molecular weight excluding hydrogens is 368 g/mol. The Balaban J connectivity index is 0.00000210. The first-order valence-electron chi connectivity index (χ1n) is 9.78. The number of rotatable bonds is 3. The fourth-order valence-corrected chi connectivity index (χ4v) is 4.67. The van der Waals surface area contributed by atoms with Crippen LogP contribution in [0.15, 0.2) is 4.42 Å². The Hall–Kier alpha value is -1.60. The van der Waals surface area contributed by atoms with Gasteiger partial charge in [-0.2, -0.15) is 0 Å². The van der Waals surface area contributed by atoms with Crippen LogP contribution in [0.2, 0.25) is 0 Å². The molecule has 1 N–H and O–H groups in total. The third kappa shape index (κ3) is 3.47. The average molecular weight is 397 g/mol. The predicted molar refractivity (Wildman–Crippen MR) is 103 cm³/mol. The van der Waals surface area contributed by atoms with Crippen LogP contribution in [-0.2, 0) is 22.6 Å². The molecule has 4 heterocycles. The Kier molecular flexibility index (Phi) is 5.82. The van der Waals surface area contributed by atoms with E-state index >= 15 is 0 Å². The number of hydrogen-bond acceptors (Lipinski definition) is 5. The standard InChI is InChI=1S/C19H28N4O3.ClH/c1-4-15-13(7-12-8-20-9-17(24)23(12)15)19(25)22-6-5-16-14(10-22)21-18(26-16)11(2)3;/h11-13,15,20H,4-10H2,1-3H3;1H/t12-,13-,15-;/m1./s1. The normalized spacial score (nSPS) is 27.4. The molecule has 7 nitrogen and oxygen atoms in total. The van der Waals surface area contributed by atoms with E-state index in [0.717, 1.165) is 43.2 Å². The number of fused-ring (bicyclic) bond motifs is 2. The molecule has 0 aromatic carbocycles. The van der Waals surface area contributed by atoms with Crippen LogP contribution in [0.3, 0.4) is 0 Å². The lowest BCUT2D eigenvalue weighted by atomic mass is 9.94. The van der Waals surface area contributed by atoms with E-state index in [9.17, 15) is 9.59 Å². The largest absolute Gasteiger partial charge is 0.445 e. The summed E-state index contributed by atoms with van der Waals surface area (Å²) in [5, 5.41) is 3.18. The van der Waals surface area contributed by atoms with Crippen LogP contribution in [-0.4, -0.2) is 58.3 Å². The summed E-state index contributed by atoms with van der Waals surface area (Å²) in [5.74, 6) is 2.12. The molecule has 8 heteroatoms. The number of carbonyl (C=O) groups excluding carboxylic acids is 2. The Morgan fingerprint density at radius 2 is 2.19 bits per heavy atom. The van der Waals surface area contributed by atoms with Gasteiger partial charge in [-0.3, -0.25) is 9.59 Å². The third-order valence-corrected chi connectivity index (χ3v) is 5.97. The molecule has 0 unspecified atom stereocenters. The summed E-state index contributed by atoms with van der Waals surface area (Å²) in [6.07, 6.45) is 2.30. The van der Waals surface area contributed by atoms with Gasteiger partial charge < -0.3 is 19.5 Å². The van der Waals surface area contributed by atoms with Gasteiger partial charge in [-0.05, 0) is 12.8 Å².